The Labute approximate surface area is 171 Å². The lowest BCUT2D eigenvalue weighted by Gasteiger charge is -2.11. The molecule has 170 valence electrons. The van der Waals surface area contributed by atoms with Gasteiger partial charge in [-0.05, 0) is 0 Å². The normalized spacial score (nSPS) is 10.4. The van der Waals surface area contributed by atoms with Crippen molar-refractivity contribution in [3.63, 3.8) is 0 Å². The molecule has 0 heterocycles. The molecule has 2 aromatic rings. The second-order valence-electron chi connectivity index (χ2n) is 5.70. The highest BCUT2D eigenvalue weighted by molar-refractivity contribution is 5.85. The summed E-state index contributed by atoms with van der Waals surface area (Å²) in [7, 11) is 0. The van der Waals surface area contributed by atoms with E-state index in [0.717, 1.165) is 0 Å². The number of halogens is 11. The Morgan fingerprint density at radius 2 is 0.633 bits per heavy atom. The minimum Gasteiger partial charge on any atom is -0.308 e. The van der Waals surface area contributed by atoms with E-state index in [1.807, 2.05) is 5.32 Å². The van der Waals surface area contributed by atoms with E-state index in [0.29, 0.717) is 0 Å². The van der Waals surface area contributed by atoms with Crippen LogP contribution in [0.5, 0.6) is 0 Å². The van der Waals surface area contributed by atoms with Crippen molar-refractivity contribution in [2.24, 2.45) is 0 Å². The van der Waals surface area contributed by atoms with Gasteiger partial charge in [-0.1, -0.05) is 26.7 Å². The zero-order chi connectivity index (χ0) is 22.5. The van der Waals surface area contributed by atoms with E-state index in [-0.39, 0.29) is 12.4 Å². The summed E-state index contributed by atoms with van der Waals surface area (Å²) in [4.78, 5) is 0. The van der Waals surface area contributed by atoms with E-state index in [4.69, 9.17) is 0 Å². The molecule has 0 saturated carbocycles. The van der Waals surface area contributed by atoms with Gasteiger partial charge in [0.25, 0.3) is 0 Å². The lowest BCUT2D eigenvalue weighted by atomic mass is 10.1. The smallest absolute Gasteiger partial charge is 0.200 e. The van der Waals surface area contributed by atoms with Crippen LogP contribution >= 0.6 is 12.4 Å². The summed E-state index contributed by atoms with van der Waals surface area (Å²) in [5.41, 5.74) is -2.72. The van der Waals surface area contributed by atoms with Gasteiger partial charge in [0.05, 0.1) is 0 Å². The standard InChI is InChI=1S/C14H5F10N.C4H10.ClH/c15-5-3(6(16)10(20)13(23)9(5)19)1-25-2-4-7(17)11(21)14(24)12(22)8(4)18;1-3-4-2;/h25H,1-2H2;3-4H2,1-2H3;1H. The minimum absolute atomic E-state index is 0. The Balaban J connectivity index is 0.00000154. The molecule has 0 spiro atoms. The third-order valence-corrected chi connectivity index (χ3v) is 3.70. The maximum Gasteiger partial charge on any atom is 0.200 e. The van der Waals surface area contributed by atoms with E-state index >= 15 is 0 Å². The summed E-state index contributed by atoms with van der Waals surface area (Å²) >= 11 is 0. The fraction of sp³-hybridized carbons (Fsp3) is 0.333. The molecule has 0 bridgehead atoms. The molecule has 2 rings (SSSR count). The third-order valence-electron chi connectivity index (χ3n) is 3.70. The second kappa shape index (κ2) is 12.0. The fourth-order valence-electron chi connectivity index (χ4n) is 1.92. The van der Waals surface area contributed by atoms with E-state index in [2.05, 4.69) is 13.8 Å². The van der Waals surface area contributed by atoms with Gasteiger partial charge in [0.1, 0.15) is 0 Å². The van der Waals surface area contributed by atoms with E-state index in [1.165, 1.54) is 12.8 Å². The first-order chi connectivity index (χ1) is 13.5. The van der Waals surface area contributed by atoms with Gasteiger partial charge in [-0.3, -0.25) is 0 Å². The average molecular weight is 472 g/mol. The van der Waals surface area contributed by atoms with E-state index < -0.39 is 82.4 Å². The zero-order valence-corrected chi connectivity index (χ0v) is 16.3. The summed E-state index contributed by atoms with van der Waals surface area (Å²) in [6.07, 6.45) is 2.64. The number of benzene rings is 2. The molecule has 0 fully saturated rings. The monoisotopic (exact) mass is 471 g/mol. The molecule has 0 aliphatic rings. The van der Waals surface area contributed by atoms with Crippen LogP contribution in [0.15, 0.2) is 0 Å². The molecule has 0 unspecified atom stereocenters. The van der Waals surface area contributed by atoms with Crippen molar-refractivity contribution in [1.29, 1.82) is 0 Å². The summed E-state index contributed by atoms with van der Waals surface area (Å²) in [5.74, 6) is -22.6. The molecule has 0 aliphatic carbocycles. The molecular weight excluding hydrogens is 456 g/mol. The summed E-state index contributed by atoms with van der Waals surface area (Å²) in [5, 5.41) is 1.86. The average Bonchev–Trinajstić information content (AvgIpc) is 2.72. The minimum atomic E-state index is -2.40. The maximum atomic E-state index is 13.4. The van der Waals surface area contributed by atoms with Crippen molar-refractivity contribution in [3.8, 4) is 0 Å². The van der Waals surface area contributed by atoms with Crippen LogP contribution in [0.4, 0.5) is 43.9 Å². The van der Waals surface area contributed by atoms with Gasteiger partial charge < -0.3 is 5.32 Å². The lowest BCUT2D eigenvalue weighted by Crippen LogP contribution is -2.20. The van der Waals surface area contributed by atoms with Gasteiger partial charge in [-0.2, -0.15) is 0 Å². The van der Waals surface area contributed by atoms with Crippen molar-refractivity contribution in [1.82, 2.24) is 5.32 Å². The van der Waals surface area contributed by atoms with Crippen LogP contribution in [-0.4, -0.2) is 0 Å². The van der Waals surface area contributed by atoms with Crippen molar-refractivity contribution in [2.75, 3.05) is 0 Å². The summed E-state index contributed by atoms with van der Waals surface area (Å²) in [6, 6.07) is 0. The van der Waals surface area contributed by atoms with Crippen LogP contribution in [0.2, 0.25) is 0 Å². The molecule has 0 saturated heterocycles. The Bertz CT molecular complexity index is 759. The molecule has 2 aromatic carbocycles. The Hall–Kier alpha value is -2.01. The van der Waals surface area contributed by atoms with Crippen LogP contribution in [0, 0.1) is 58.2 Å². The first-order valence-electron chi connectivity index (χ1n) is 8.22. The van der Waals surface area contributed by atoms with E-state index in [9.17, 15) is 43.9 Å². The molecule has 0 aliphatic heterocycles. The highest BCUT2D eigenvalue weighted by Gasteiger charge is 2.27. The topological polar surface area (TPSA) is 12.0 Å². The number of rotatable bonds is 5. The molecular formula is C18H16ClF10N. The number of hydrogen-bond donors (Lipinski definition) is 1. The second-order valence-corrected chi connectivity index (χ2v) is 5.70. The fourth-order valence-corrected chi connectivity index (χ4v) is 1.92. The molecule has 12 heteroatoms. The SMILES string of the molecule is CCCC.Cl.Fc1c(F)c(F)c(CNCc2c(F)c(F)c(F)c(F)c2F)c(F)c1F. The van der Waals surface area contributed by atoms with Crippen molar-refractivity contribution in [3.05, 3.63) is 69.3 Å². The molecule has 0 aromatic heterocycles. The maximum absolute atomic E-state index is 13.4. The third kappa shape index (κ3) is 5.78. The zero-order valence-electron chi connectivity index (χ0n) is 15.5. The number of nitrogens with one attached hydrogen (secondary N) is 1. The van der Waals surface area contributed by atoms with Crippen LogP contribution in [-0.2, 0) is 13.1 Å². The van der Waals surface area contributed by atoms with Crippen LogP contribution in [0.25, 0.3) is 0 Å². The first kappa shape index (κ1) is 28.0. The lowest BCUT2D eigenvalue weighted by molar-refractivity contribution is 0.361. The summed E-state index contributed by atoms with van der Waals surface area (Å²) in [6.45, 7) is 2.09. The number of hydrogen-bond acceptors (Lipinski definition) is 1. The summed E-state index contributed by atoms with van der Waals surface area (Å²) < 4.78 is 131. The van der Waals surface area contributed by atoms with Crippen molar-refractivity contribution < 1.29 is 43.9 Å². The molecule has 1 N–H and O–H groups in total. The Morgan fingerprint density at radius 1 is 0.433 bits per heavy atom. The highest BCUT2D eigenvalue weighted by Crippen LogP contribution is 2.25. The molecule has 0 radical (unpaired) electrons. The predicted molar refractivity (Wildman–Crippen MR) is 90.8 cm³/mol. The van der Waals surface area contributed by atoms with Gasteiger partial charge in [-0.15, -0.1) is 12.4 Å². The largest absolute Gasteiger partial charge is 0.308 e. The van der Waals surface area contributed by atoms with Gasteiger partial charge >= 0.3 is 0 Å². The first-order valence-corrected chi connectivity index (χ1v) is 8.22. The Morgan fingerprint density at radius 3 is 0.833 bits per heavy atom. The molecule has 30 heavy (non-hydrogen) atoms. The van der Waals surface area contributed by atoms with Gasteiger partial charge in [0.2, 0.25) is 11.6 Å². The van der Waals surface area contributed by atoms with Gasteiger partial charge in [0, 0.05) is 24.2 Å². The van der Waals surface area contributed by atoms with Gasteiger partial charge in [-0.25, -0.2) is 43.9 Å². The Kier molecular flexibility index (Phi) is 11.2. The van der Waals surface area contributed by atoms with Crippen LogP contribution in [0.1, 0.15) is 37.8 Å². The van der Waals surface area contributed by atoms with Gasteiger partial charge in [0.15, 0.2) is 46.5 Å². The van der Waals surface area contributed by atoms with Crippen LogP contribution in [0.3, 0.4) is 0 Å². The van der Waals surface area contributed by atoms with Crippen molar-refractivity contribution >= 4 is 12.4 Å². The number of unbranched alkanes of at least 4 members (excludes halogenated alkanes) is 1. The van der Waals surface area contributed by atoms with E-state index in [1.54, 1.807) is 0 Å². The molecule has 0 amide bonds. The predicted octanol–water partition coefficient (Wildman–Crippen LogP) is 6.60. The van der Waals surface area contributed by atoms with Crippen LogP contribution < -0.4 is 5.32 Å². The van der Waals surface area contributed by atoms with Crippen molar-refractivity contribution in [2.45, 2.75) is 39.8 Å². The quantitative estimate of drug-likeness (QED) is 0.294. The molecule has 1 nitrogen and oxygen atoms in total. The molecule has 0 atom stereocenters. The highest BCUT2D eigenvalue weighted by atomic mass is 35.5.